The van der Waals surface area contributed by atoms with Gasteiger partial charge in [-0.3, -0.25) is 24.2 Å². The van der Waals surface area contributed by atoms with Gasteiger partial charge in [-0.1, -0.05) is 38.8 Å². The lowest BCUT2D eigenvalue weighted by atomic mass is 9.83. The van der Waals surface area contributed by atoms with E-state index in [1.54, 1.807) is 7.05 Å². The molecule has 10 nitrogen and oxygen atoms in total. The lowest BCUT2D eigenvalue weighted by molar-refractivity contribution is -0.144. The SMILES string of the molecule is CCCCN(CCCC)C(=O)CN1C[C@H](c2ccc3c(c2)CCO3)[C@@H](C(=O)O)[C@@H]1CCN1C(=O)CCN(C)C1=O. The van der Waals surface area contributed by atoms with Gasteiger partial charge in [0.15, 0.2) is 0 Å². The highest BCUT2D eigenvalue weighted by Gasteiger charge is 2.48. The molecular weight excluding hydrogens is 512 g/mol. The molecule has 4 rings (SSSR count). The summed E-state index contributed by atoms with van der Waals surface area (Å²) in [4.78, 5) is 58.3. The number of imide groups is 1. The summed E-state index contributed by atoms with van der Waals surface area (Å²) < 4.78 is 5.66. The monoisotopic (exact) mass is 556 g/mol. The highest BCUT2D eigenvalue weighted by Crippen LogP contribution is 2.41. The molecule has 2 fully saturated rings. The Bertz CT molecular complexity index is 1090. The van der Waals surface area contributed by atoms with E-state index < -0.39 is 17.9 Å². The average molecular weight is 557 g/mol. The largest absolute Gasteiger partial charge is 0.493 e. The van der Waals surface area contributed by atoms with E-state index in [2.05, 4.69) is 13.8 Å². The molecule has 1 aromatic carbocycles. The van der Waals surface area contributed by atoms with Gasteiger partial charge in [0.05, 0.1) is 19.1 Å². The van der Waals surface area contributed by atoms with E-state index in [1.807, 2.05) is 28.0 Å². The zero-order chi connectivity index (χ0) is 28.8. The number of ether oxygens (including phenoxy) is 1. The zero-order valence-electron chi connectivity index (χ0n) is 24.1. The van der Waals surface area contributed by atoms with Crippen LogP contribution in [0, 0.1) is 5.92 Å². The molecule has 0 saturated carbocycles. The van der Waals surface area contributed by atoms with E-state index in [4.69, 9.17) is 4.74 Å². The van der Waals surface area contributed by atoms with Gasteiger partial charge in [0.25, 0.3) is 0 Å². The maximum atomic E-state index is 13.6. The number of urea groups is 1. The highest BCUT2D eigenvalue weighted by molar-refractivity contribution is 5.96. The molecule has 0 bridgehead atoms. The van der Waals surface area contributed by atoms with Crippen molar-refractivity contribution >= 4 is 23.8 Å². The van der Waals surface area contributed by atoms with Crippen LogP contribution >= 0.6 is 0 Å². The fraction of sp³-hybridized carbons (Fsp3) is 0.667. The average Bonchev–Trinajstić information content (AvgIpc) is 3.55. The smallest absolute Gasteiger partial charge is 0.326 e. The van der Waals surface area contributed by atoms with Crippen LogP contribution in [-0.4, -0.2) is 107 Å². The predicted molar refractivity (Wildman–Crippen MR) is 150 cm³/mol. The van der Waals surface area contributed by atoms with E-state index >= 15 is 0 Å². The van der Waals surface area contributed by atoms with Gasteiger partial charge in [-0.25, -0.2) is 4.79 Å². The molecule has 3 aliphatic rings. The Balaban J connectivity index is 1.60. The summed E-state index contributed by atoms with van der Waals surface area (Å²) in [5, 5.41) is 10.5. The summed E-state index contributed by atoms with van der Waals surface area (Å²) in [7, 11) is 1.66. The summed E-state index contributed by atoms with van der Waals surface area (Å²) in [6, 6.07) is 5.05. The van der Waals surface area contributed by atoms with Crippen LogP contribution in [0.2, 0.25) is 0 Å². The van der Waals surface area contributed by atoms with E-state index in [9.17, 15) is 24.3 Å². The molecule has 0 aliphatic carbocycles. The standard InChI is InChI=1S/C30H44N4O6/c1-4-6-13-32(14-7-5-2)27(36)20-33-19-23(21-8-9-25-22(18-21)12-17-40-25)28(29(37)38)24(33)10-16-34-26(35)11-15-31(3)30(34)39/h8-9,18,23-24,28H,4-7,10-17,19-20H2,1-3H3,(H,37,38)/t23-,24+,28-/m1/s1. The van der Waals surface area contributed by atoms with Gasteiger partial charge in [0.1, 0.15) is 5.75 Å². The second kappa shape index (κ2) is 13.5. The Labute approximate surface area is 237 Å². The molecule has 4 amide bonds. The van der Waals surface area contributed by atoms with Gasteiger partial charge in [-0.2, -0.15) is 0 Å². The Morgan fingerprint density at radius 2 is 1.82 bits per heavy atom. The first kappa shape index (κ1) is 29.8. The highest BCUT2D eigenvalue weighted by atomic mass is 16.5. The molecule has 10 heteroatoms. The number of carbonyl (C=O) groups excluding carboxylic acids is 3. The van der Waals surface area contributed by atoms with Crippen LogP contribution in [0.4, 0.5) is 4.79 Å². The minimum Gasteiger partial charge on any atom is -0.493 e. The number of aliphatic carboxylic acids is 1. The molecule has 0 spiro atoms. The summed E-state index contributed by atoms with van der Waals surface area (Å²) in [5.74, 6) is -1.42. The molecule has 220 valence electrons. The number of likely N-dealkylation sites (tertiary alicyclic amines) is 1. The van der Waals surface area contributed by atoms with Gasteiger partial charge in [-0.15, -0.1) is 0 Å². The van der Waals surface area contributed by atoms with E-state index in [0.29, 0.717) is 39.2 Å². The molecule has 3 heterocycles. The van der Waals surface area contributed by atoms with Crippen LogP contribution < -0.4 is 4.74 Å². The van der Waals surface area contributed by atoms with Crippen molar-refractivity contribution in [1.82, 2.24) is 19.6 Å². The third-order valence-corrected chi connectivity index (χ3v) is 8.60. The number of rotatable bonds is 13. The lowest BCUT2D eigenvalue weighted by Gasteiger charge is -2.34. The summed E-state index contributed by atoms with van der Waals surface area (Å²) in [6.45, 7) is 7.24. The van der Waals surface area contributed by atoms with E-state index in [1.165, 1.54) is 9.80 Å². The summed E-state index contributed by atoms with van der Waals surface area (Å²) >= 11 is 0. The Hall–Kier alpha value is -3.14. The molecule has 2 saturated heterocycles. The second-order valence-corrected chi connectivity index (χ2v) is 11.3. The Kier molecular flexibility index (Phi) is 10.1. The first-order chi connectivity index (χ1) is 19.2. The van der Waals surface area contributed by atoms with Crippen LogP contribution in [0.3, 0.4) is 0 Å². The minimum absolute atomic E-state index is 0.00361. The van der Waals surface area contributed by atoms with E-state index in [-0.39, 0.29) is 43.3 Å². The molecule has 40 heavy (non-hydrogen) atoms. The summed E-state index contributed by atoms with van der Waals surface area (Å²) in [5.41, 5.74) is 2.00. The fourth-order valence-corrected chi connectivity index (χ4v) is 6.25. The third-order valence-electron chi connectivity index (χ3n) is 8.60. The number of unbranched alkanes of at least 4 members (excludes halogenated alkanes) is 2. The molecule has 0 aromatic heterocycles. The first-order valence-corrected chi connectivity index (χ1v) is 14.8. The molecule has 1 aromatic rings. The number of carbonyl (C=O) groups is 4. The van der Waals surface area contributed by atoms with Gasteiger partial charge >= 0.3 is 12.0 Å². The van der Waals surface area contributed by atoms with Crippen LogP contribution in [0.1, 0.15) is 69.4 Å². The number of carboxylic acids is 1. The number of hydrogen-bond acceptors (Lipinski definition) is 6. The van der Waals surface area contributed by atoms with Crippen LogP contribution in [0.15, 0.2) is 18.2 Å². The van der Waals surface area contributed by atoms with Gasteiger partial charge in [-0.05, 0) is 36.5 Å². The Morgan fingerprint density at radius 3 is 2.50 bits per heavy atom. The molecule has 0 radical (unpaired) electrons. The molecule has 1 N–H and O–H groups in total. The first-order valence-electron chi connectivity index (χ1n) is 14.8. The van der Waals surface area contributed by atoms with Crippen molar-refractivity contribution in [3.05, 3.63) is 29.3 Å². The predicted octanol–water partition coefficient (Wildman–Crippen LogP) is 3.19. The molecule has 3 atom stereocenters. The lowest BCUT2D eigenvalue weighted by Crippen LogP contribution is -2.52. The maximum absolute atomic E-state index is 13.6. The van der Waals surface area contributed by atoms with Gasteiger partial charge < -0.3 is 19.6 Å². The Morgan fingerprint density at radius 1 is 1.10 bits per heavy atom. The number of benzene rings is 1. The van der Waals surface area contributed by atoms with Crippen molar-refractivity contribution < 1.29 is 29.0 Å². The minimum atomic E-state index is -0.927. The topological polar surface area (TPSA) is 111 Å². The second-order valence-electron chi connectivity index (χ2n) is 11.3. The zero-order valence-corrected chi connectivity index (χ0v) is 24.1. The number of fused-ring (bicyclic) bond motifs is 1. The van der Waals surface area contributed by atoms with Crippen molar-refractivity contribution in [3.8, 4) is 5.75 Å². The van der Waals surface area contributed by atoms with Crippen LogP contribution in [0.25, 0.3) is 0 Å². The molecular formula is C30H44N4O6. The molecule has 0 unspecified atom stereocenters. The third kappa shape index (κ3) is 6.59. The van der Waals surface area contributed by atoms with Crippen molar-refractivity contribution in [2.75, 3.05) is 52.9 Å². The molecule has 3 aliphatic heterocycles. The number of hydrogen-bond donors (Lipinski definition) is 1. The van der Waals surface area contributed by atoms with Crippen LogP contribution in [0.5, 0.6) is 5.75 Å². The number of nitrogens with zero attached hydrogens (tertiary/aromatic N) is 4. The van der Waals surface area contributed by atoms with Crippen molar-refractivity contribution in [1.29, 1.82) is 0 Å². The summed E-state index contributed by atoms with van der Waals surface area (Å²) in [6.07, 6.45) is 5.15. The fourth-order valence-electron chi connectivity index (χ4n) is 6.25. The quantitative estimate of drug-likeness (QED) is 0.397. The maximum Gasteiger partial charge on any atom is 0.326 e. The van der Waals surface area contributed by atoms with Crippen molar-refractivity contribution in [2.24, 2.45) is 5.92 Å². The number of amides is 4. The van der Waals surface area contributed by atoms with Crippen LogP contribution in [-0.2, 0) is 20.8 Å². The number of carboxylic acid groups (broad SMARTS) is 1. The van der Waals surface area contributed by atoms with Gasteiger partial charge in [0.2, 0.25) is 11.8 Å². The van der Waals surface area contributed by atoms with Crippen molar-refractivity contribution in [2.45, 2.75) is 70.8 Å². The normalized spacial score (nSPS) is 22.9. The van der Waals surface area contributed by atoms with Crippen molar-refractivity contribution in [3.63, 3.8) is 0 Å². The van der Waals surface area contributed by atoms with Gasteiger partial charge in [0, 0.05) is 64.6 Å². The van der Waals surface area contributed by atoms with E-state index in [0.717, 1.165) is 49.0 Å².